The standard InChI is InChI=1S/C11H18N2OS/c1-8(2)9(3)13-11(14)12-7-10-5-4-6-15-10/h4-6,8-9H,7H2,1-3H3,(H2,12,13,14)/t9-/m0/s1. The zero-order valence-electron chi connectivity index (χ0n) is 9.41. The molecule has 1 aromatic rings. The molecule has 1 heterocycles. The summed E-state index contributed by atoms with van der Waals surface area (Å²) in [6, 6.07) is 4.10. The highest BCUT2D eigenvalue weighted by Gasteiger charge is 2.09. The summed E-state index contributed by atoms with van der Waals surface area (Å²) in [7, 11) is 0. The van der Waals surface area contributed by atoms with E-state index in [4.69, 9.17) is 0 Å². The zero-order valence-corrected chi connectivity index (χ0v) is 10.2. The molecular weight excluding hydrogens is 208 g/mol. The summed E-state index contributed by atoms with van der Waals surface area (Å²) in [5, 5.41) is 7.73. The van der Waals surface area contributed by atoms with Gasteiger partial charge in [0, 0.05) is 10.9 Å². The second-order valence-corrected chi connectivity index (χ2v) is 4.97. The normalized spacial score (nSPS) is 12.5. The fourth-order valence-corrected chi connectivity index (χ4v) is 1.65. The number of rotatable bonds is 4. The molecule has 15 heavy (non-hydrogen) atoms. The summed E-state index contributed by atoms with van der Waals surface area (Å²) in [6.07, 6.45) is 0. The zero-order chi connectivity index (χ0) is 11.3. The molecule has 2 N–H and O–H groups in total. The van der Waals surface area contributed by atoms with Crippen molar-refractivity contribution in [3.05, 3.63) is 22.4 Å². The Morgan fingerprint density at radius 3 is 2.73 bits per heavy atom. The second kappa shape index (κ2) is 5.75. The SMILES string of the molecule is CC(C)[C@H](C)NC(=O)NCc1cccs1. The lowest BCUT2D eigenvalue weighted by molar-refractivity contribution is 0.234. The van der Waals surface area contributed by atoms with Crippen LogP contribution in [-0.2, 0) is 6.54 Å². The quantitative estimate of drug-likeness (QED) is 0.814. The van der Waals surface area contributed by atoms with Crippen LogP contribution in [-0.4, -0.2) is 12.1 Å². The smallest absolute Gasteiger partial charge is 0.315 e. The summed E-state index contributed by atoms with van der Waals surface area (Å²) in [5.41, 5.74) is 0. The summed E-state index contributed by atoms with van der Waals surface area (Å²) < 4.78 is 0. The first-order valence-electron chi connectivity index (χ1n) is 5.16. The van der Waals surface area contributed by atoms with Crippen molar-refractivity contribution in [1.82, 2.24) is 10.6 Å². The van der Waals surface area contributed by atoms with Crippen molar-refractivity contribution < 1.29 is 4.79 Å². The van der Waals surface area contributed by atoms with E-state index in [1.807, 2.05) is 24.4 Å². The highest BCUT2D eigenvalue weighted by atomic mass is 32.1. The van der Waals surface area contributed by atoms with Gasteiger partial charge in [0.1, 0.15) is 0 Å². The van der Waals surface area contributed by atoms with Crippen molar-refractivity contribution in [2.75, 3.05) is 0 Å². The van der Waals surface area contributed by atoms with Gasteiger partial charge in [-0.2, -0.15) is 0 Å². The number of thiophene rings is 1. The Balaban J connectivity index is 2.25. The Morgan fingerprint density at radius 2 is 2.20 bits per heavy atom. The van der Waals surface area contributed by atoms with Crippen molar-refractivity contribution in [2.45, 2.75) is 33.4 Å². The molecule has 84 valence electrons. The maximum atomic E-state index is 11.4. The van der Waals surface area contributed by atoms with E-state index < -0.39 is 0 Å². The molecule has 0 fully saturated rings. The van der Waals surface area contributed by atoms with E-state index in [1.165, 1.54) is 4.88 Å². The maximum Gasteiger partial charge on any atom is 0.315 e. The van der Waals surface area contributed by atoms with Crippen LogP contribution in [0.4, 0.5) is 4.79 Å². The number of hydrogen-bond acceptors (Lipinski definition) is 2. The first-order chi connectivity index (χ1) is 7.09. The lowest BCUT2D eigenvalue weighted by atomic mass is 10.1. The Hall–Kier alpha value is -1.03. The van der Waals surface area contributed by atoms with Gasteiger partial charge in [-0.25, -0.2) is 4.79 Å². The minimum Gasteiger partial charge on any atom is -0.335 e. The minimum absolute atomic E-state index is 0.0930. The third kappa shape index (κ3) is 4.34. The van der Waals surface area contributed by atoms with Gasteiger partial charge in [0.25, 0.3) is 0 Å². The van der Waals surface area contributed by atoms with Crippen LogP contribution >= 0.6 is 11.3 Å². The van der Waals surface area contributed by atoms with Gasteiger partial charge < -0.3 is 10.6 Å². The van der Waals surface area contributed by atoms with Crippen LogP contribution in [0.3, 0.4) is 0 Å². The van der Waals surface area contributed by atoms with E-state index in [1.54, 1.807) is 11.3 Å². The molecule has 1 atom stereocenters. The number of hydrogen-bond donors (Lipinski definition) is 2. The predicted octanol–water partition coefficient (Wildman–Crippen LogP) is 2.59. The van der Waals surface area contributed by atoms with Gasteiger partial charge in [-0.15, -0.1) is 11.3 Å². The van der Waals surface area contributed by atoms with Crippen molar-refractivity contribution >= 4 is 17.4 Å². The Bertz CT molecular complexity index is 296. The average Bonchev–Trinajstić information content (AvgIpc) is 2.66. The molecule has 0 saturated carbocycles. The van der Waals surface area contributed by atoms with Gasteiger partial charge in [-0.1, -0.05) is 19.9 Å². The molecule has 1 rings (SSSR count). The summed E-state index contributed by atoms with van der Waals surface area (Å²) in [6.45, 7) is 6.79. The molecule has 0 unspecified atom stereocenters. The summed E-state index contributed by atoms with van der Waals surface area (Å²) in [4.78, 5) is 12.6. The Kier molecular flexibility index (Phi) is 4.62. The van der Waals surface area contributed by atoms with Crippen LogP contribution in [0.2, 0.25) is 0 Å². The molecule has 0 saturated heterocycles. The van der Waals surface area contributed by atoms with E-state index in [0.29, 0.717) is 12.5 Å². The molecule has 4 heteroatoms. The van der Waals surface area contributed by atoms with E-state index in [-0.39, 0.29) is 12.1 Å². The van der Waals surface area contributed by atoms with Gasteiger partial charge in [-0.3, -0.25) is 0 Å². The molecule has 0 bridgehead atoms. The van der Waals surface area contributed by atoms with Crippen LogP contribution in [0, 0.1) is 5.92 Å². The van der Waals surface area contributed by atoms with Crippen LogP contribution in [0.1, 0.15) is 25.6 Å². The molecule has 3 nitrogen and oxygen atoms in total. The van der Waals surface area contributed by atoms with Crippen LogP contribution < -0.4 is 10.6 Å². The average molecular weight is 226 g/mol. The highest BCUT2D eigenvalue weighted by Crippen LogP contribution is 2.07. The van der Waals surface area contributed by atoms with E-state index in [2.05, 4.69) is 24.5 Å². The lowest BCUT2D eigenvalue weighted by Crippen LogP contribution is -2.42. The molecule has 1 aromatic heterocycles. The van der Waals surface area contributed by atoms with E-state index >= 15 is 0 Å². The number of amides is 2. The second-order valence-electron chi connectivity index (χ2n) is 3.94. The molecule has 2 amide bonds. The van der Waals surface area contributed by atoms with Gasteiger partial charge in [0.2, 0.25) is 0 Å². The molecule has 0 spiro atoms. The van der Waals surface area contributed by atoms with Crippen molar-refractivity contribution in [2.24, 2.45) is 5.92 Å². The van der Waals surface area contributed by atoms with Crippen molar-refractivity contribution in [3.8, 4) is 0 Å². The van der Waals surface area contributed by atoms with Gasteiger partial charge >= 0.3 is 6.03 Å². The summed E-state index contributed by atoms with van der Waals surface area (Å²) >= 11 is 1.65. The molecule has 0 radical (unpaired) electrons. The number of urea groups is 1. The predicted molar refractivity (Wildman–Crippen MR) is 64.0 cm³/mol. The number of carbonyl (C=O) groups excluding carboxylic acids is 1. The molecule has 0 aromatic carbocycles. The summed E-state index contributed by atoms with van der Waals surface area (Å²) in [5.74, 6) is 0.456. The highest BCUT2D eigenvalue weighted by molar-refractivity contribution is 7.09. The molecule has 0 aliphatic carbocycles. The van der Waals surface area contributed by atoms with Gasteiger partial charge in [0.15, 0.2) is 0 Å². The fourth-order valence-electron chi connectivity index (χ4n) is 1.01. The van der Waals surface area contributed by atoms with E-state index in [0.717, 1.165) is 0 Å². The monoisotopic (exact) mass is 226 g/mol. The van der Waals surface area contributed by atoms with Gasteiger partial charge in [-0.05, 0) is 24.3 Å². The van der Waals surface area contributed by atoms with Crippen molar-refractivity contribution in [3.63, 3.8) is 0 Å². The van der Waals surface area contributed by atoms with Crippen LogP contribution in [0.15, 0.2) is 17.5 Å². The first kappa shape index (κ1) is 12.0. The third-order valence-corrected chi connectivity index (χ3v) is 3.24. The Labute approximate surface area is 94.9 Å². The molecule has 0 aliphatic heterocycles. The topological polar surface area (TPSA) is 41.1 Å². The van der Waals surface area contributed by atoms with Crippen LogP contribution in [0.25, 0.3) is 0 Å². The van der Waals surface area contributed by atoms with Crippen molar-refractivity contribution in [1.29, 1.82) is 0 Å². The molecule has 0 aliphatic rings. The fraction of sp³-hybridized carbons (Fsp3) is 0.545. The first-order valence-corrected chi connectivity index (χ1v) is 6.04. The third-order valence-electron chi connectivity index (χ3n) is 2.36. The molecular formula is C11H18N2OS. The minimum atomic E-state index is -0.0930. The Morgan fingerprint density at radius 1 is 1.47 bits per heavy atom. The van der Waals surface area contributed by atoms with E-state index in [9.17, 15) is 4.79 Å². The lowest BCUT2D eigenvalue weighted by Gasteiger charge is -2.17. The largest absolute Gasteiger partial charge is 0.335 e. The van der Waals surface area contributed by atoms with Crippen LogP contribution in [0.5, 0.6) is 0 Å². The maximum absolute atomic E-state index is 11.4. The van der Waals surface area contributed by atoms with Gasteiger partial charge in [0.05, 0.1) is 6.54 Å². The number of carbonyl (C=O) groups is 1. The number of nitrogens with one attached hydrogen (secondary N) is 2.